The highest BCUT2D eigenvalue weighted by Gasteiger charge is 2.03. The summed E-state index contributed by atoms with van der Waals surface area (Å²) in [5.41, 5.74) is 5.03. The van der Waals surface area contributed by atoms with E-state index in [1.165, 1.54) is 5.56 Å². The highest BCUT2D eigenvalue weighted by atomic mass is 16.5. The molecule has 0 spiro atoms. The fraction of sp³-hybridized carbons (Fsp3) is 0.250. The Morgan fingerprint density at radius 2 is 1.77 bits per heavy atom. The van der Waals surface area contributed by atoms with E-state index < -0.39 is 0 Å². The van der Waals surface area contributed by atoms with Gasteiger partial charge < -0.3 is 9.47 Å². The van der Waals surface area contributed by atoms with Crippen molar-refractivity contribution in [1.82, 2.24) is 5.43 Å². The molecule has 0 saturated heterocycles. The molecular formula is C20H21N3O3. The first-order valence-corrected chi connectivity index (χ1v) is 8.18. The van der Waals surface area contributed by atoms with E-state index in [0.29, 0.717) is 11.3 Å². The molecule has 0 atom stereocenters. The molecule has 2 aromatic rings. The maximum Gasteiger partial charge on any atom is 0.277 e. The molecule has 134 valence electrons. The Morgan fingerprint density at radius 1 is 1.12 bits per heavy atom. The van der Waals surface area contributed by atoms with Crippen molar-refractivity contribution in [3.63, 3.8) is 0 Å². The molecule has 0 aromatic heterocycles. The van der Waals surface area contributed by atoms with E-state index in [4.69, 9.17) is 14.7 Å². The minimum atomic E-state index is -0.335. The number of ether oxygens (including phenoxy) is 2. The number of hydrazone groups is 1. The summed E-state index contributed by atoms with van der Waals surface area (Å²) in [6.45, 7) is 1.73. The number of nitrogens with zero attached hydrogens (tertiary/aromatic N) is 2. The second-order valence-corrected chi connectivity index (χ2v) is 5.65. The van der Waals surface area contributed by atoms with Crippen LogP contribution in [0.4, 0.5) is 0 Å². The first-order chi connectivity index (χ1) is 12.6. The van der Waals surface area contributed by atoms with Crippen molar-refractivity contribution in [2.75, 3.05) is 13.7 Å². The maximum absolute atomic E-state index is 11.8. The summed E-state index contributed by atoms with van der Waals surface area (Å²) in [6, 6.07) is 16.4. The van der Waals surface area contributed by atoms with Crippen molar-refractivity contribution in [1.29, 1.82) is 5.26 Å². The van der Waals surface area contributed by atoms with Gasteiger partial charge in [0.25, 0.3) is 5.91 Å². The van der Waals surface area contributed by atoms with E-state index in [1.54, 1.807) is 31.4 Å². The van der Waals surface area contributed by atoms with E-state index in [-0.39, 0.29) is 12.5 Å². The quantitative estimate of drug-likeness (QED) is 0.585. The molecule has 0 bridgehead atoms. The molecular weight excluding hydrogens is 330 g/mol. The lowest BCUT2D eigenvalue weighted by Crippen LogP contribution is -2.25. The zero-order chi connectivity index (χ0) is 18.8. The molecule has 2 aromatic carbocycles. The number of carbonyl (C=O) groups is 1. The van der Waals surface area contributed by atoms with Gasteiger partial charge in [0, 0.05) is 5.71 Å². The van der Waals surface area contributed by atoms with E-state index >= 15 is 0 Å². The second kappa shape index (κ2) is 9.84. The zero-order valence-electron chi connectivity index (χ0n) is 14.9. The minimum Gasteiger partial charge on any atom is -0.497 e. The van der Waals surface area contributed by atoms with Gasteiger partial charge in [-0.25, -0.2) is 5.43 Å². The van der Waals surface area contributed by atoms with Crippen LogP contribution in [0.1, 0.15) is 24.5 Å². The van der Waals surface area contributed by atoms with E-state index in [9.17, 15) is 4.79 Å². The van der Waals surface area contributed by atoms with Crippen LogP contribution in [0, 0.1) is 11.3 Å². The van der Waals surface area contributed by atoms with E-state index in [2.05, 4.69) is 10.5 Å². The largest absolute Gasteiger partial charge is 0.497 e. The standard InChI is InChI=1S/C20H21N3O3/c1-15(3-4-16-5-9-18(25-2)10-6-16)22-23-20(24)14-26-19-11-7-17(13-21)8-12-19/h5-12H,3-4,14H2,1-2H3,(H,23,24)/b22-15-. The smallest absolute Gasteiger partial charge is 0.277 e. The van der Waals surface area contributed by atoms with Gasteiger partial charge in [0.2, 0.25) is 0 Å². The van der Waals surface area contributed by atoms with Gasteiger partial charge >= 0.3 is 0 Å². The first-order valence-electron chi connectivity index (χ1n) is 8.18. The number of rotatable bonds is 8. The number of aryl methyl sites for hydroxylation is 1. The van der Waals surface area contributed by atoms with Crippen molar-refractivity contribution in [2.45, 2.75) is 19.8 Å². The Labute approximate surface area is 153 Å². The van der Waals surface area contributed by atoms with E-state index in [1.807, 2.05) is 37.3 Å². The van der Waals surface area contributed by atoms with Crippen molar-refractivity contribution in [2.24, 2.45) is 5.10 Å². The van der Waals surface area contributed by atoms with Gasteiger partial charge in [0.1, 0.15) is 11.5 Å². The van der Waals surface area contributed by atoms with Crippen LogP contribution >= 0.6 is 0 Å². The lowest BCUT2D eigenvalue weighted by Gasteiger charge is -2.06. The Bertz CT molecular complexity index is 791. The van der Waals surface area contributed by atoms with Crippen LogP contribution in [-0.4, -0.2) is 25.3 Å². The average molecular weight is 351 g/mol. The monoisotopic (exact) mass is 351 g/mol. The lowest BCUT2D eigenvalue weighted by molar-refractivity contribution is -0.123. The molecule has 6 nitrogen and oxygen atoms in total. The summed E-state index contributed by atoms with van der Waals surface area (Å²) in [5, 5.41) is 12.8. The van der Waals surface area contributed by atoms with Crippen LogP contribution in [0.2, 0.25) is 0 Å². The van der Waals surface area contributed by atoms with Gasteiger partial charge in [-0.2, -0.15) is 10.4 Å². The summed E-state index contributed by atoms with van der Waals surface area (Å²) in [6.07, 6.45) is 1.57. The Kier molecular flexibility index (Phi) is 7.19. The van der Waals surface area contributed by atoms with Crippen LogP contribution in [0.25, 0.3) is 0 Å². The summed E-state index contributed by atoms with van der Waals surface area (Å²) in [7, 11) is 1.64. The minimum absolute atomic E-state index is 0.138. The van der Waals surface area contributed by atoms with Gasteiger partial charge in [-0.05, 0) is 61.7 Å². The fourth-order valence-corrected chi connectivity index (χ4v) is 2.14. The number of carbonyl (C=O) groups excluding carboxylic acids is 1. The number of nitrogens with one attached hydrogen (secondary N) is 1. The van der Waals surface area contributed by atoms with E-state index in [0.717, 1.165) is 24.3 Å². The van der Waals surface area contributed by atoms with Gasteiger partial charge in [0.05, 0.1) is 18.7 Å². The summed E-state index contributed by atoms with van der Waals surface area (Å²) >= 11 is 0. The highest BCUT2D eigenvalue weighted by Crippen LogP contribution is 2.13. The van der Waals surface area contributed by atoms with Crippen LogP contribution in [0.5, 0.6) is 11.5 Å². The number of benzene rings is 2. The van der Waals surface area contributed by atoms with Crippen molar-refractivity contribution in [3.8, 4) is 17.6 Å². The molecule has 0 radical (unpaired) electrons. The van der Waals surface area contributed by atoms with Gasteiger partial charge in [-0.3, -0.25) is 4.79 Å². The van der Waals surface area contributed by atoms with Crippen molar-refractivity contribution in [3.05, 3.63) is 59.7 Å². The number of methoxy groups -OCH3 is 1. The van der Waals surface area contributed by atoms with Crippen molar-refractivity contribution < 1.29 is 14.3 Å². The Morgan fingerprint density at radius 3 is 2.38 bits per heavy atom. The average Bonchev–Trinajstić information content (AvgIpc) is 2.69. The third-order valence-corrected chi connectivity index (χ3v) is 3.66. The second-order valence-electron chi connectivity index (χ2n) is 5.65. The molecule has 2 rings (SSSR count). The fourth-order valence-electron chi connectivity index (χ4n) is 2.14. The van der Waals surface area contributed by atoms with Gasteiger partial charge in [0.15, 0.2) is 6.61 Å². The third-order valence-electron chi connectivity index (χ3n) is 3.66. The molecule has 1 N–H and O–H groups in total. The summed E-state index contributed by atoms with van der Waals surface area (Å²) < 4.78 is 10.5. The molecule has 6 heteroatoms. The first kappa shape index (κ1) is 19.0. The van der Waals surface area contributed by atoms with Crippen LogP contribution in [-0.2, 0) is 11.2 Å². The Balaban J connectivity index is 1.72. The molecule has 1 amide bonds. The molecule has 0 heterocycles. The maximum atomic E-state index is 11.8. The molecule has 0 saturated carbocycles. The number of nitriles is 1. The summed E-state index contributed by atoms with van der Waals surface area (Å²) in [5.74, 6) is 1.02. The lowest BCUT2D eigenvalue weighted by atomic mass is 10.1. The predicted molar refractivity (Wildman–Crippen MR) is 99.2 cm³/mol. The molecule has 0 aliphatic heterocycles. The predicted octanol–water partition coefficient (Wildman–Crippen LogP) is 3.07. The summed E-state index contributed by atoms with van der Waals surface area (Å²) in [4.78, 5) is 11.8. The highest BCUT2D eigenvalue weighted by molar-refractivity contribution is 5.84. The Hall–Kier alpha value is -3.33. The van der Waals surface area contributed by atoms with Crippen molar-refractivity contribution >= 4 is 11.6 Å². The topological polar surface area (TPSA) is 83.7 Å². The molecule has 0 fully saturated rings. The van der Waals surface area contributed by atoms with Gasteiger partial charge in [-0.15, -0.1) is 0 Å². The zero-order valence-corrected chi connectivity index (χ0v) is 14.9. The SMILES string of the molecule is COc1ccc(CC/C(C)=N\NC(=O)COc2ccc(C#N)cc2)cc1. The molecule has 26 heavy (non-hydrogen) atoms. The van der Waals surface area contributed by atoms with Crippen LogP contribution in [0.15, 0.2) is 53.6 Å². The van der Waals surface area contributed by atoms with Crippen LogP contribution in [0.3, 0.4) is 0 Å². The number of amides is 1. The molecule has 0 aliphatic carbocycles. The normalized spacial score (nSPS) is 10.7. The van der Waals surface area contributed by atoms with Crippen LogP contribution < -0.4 is 14.9 Å². The van der Waals surface area contributed by atoms with Gasteiger partial charge in [-0.1, -0.05) is 12.1 Å². The number of hydrogen-bond acceptors (Lipinski definition) is 5. The third kappa shape index (κ3) is 6.29. The molecule has 0 aliphatic rings. The molecule has 0 unspecified atom stereocenters. The number of hydrogen-bond donors (Lipinski definition) is 1.